The lowest BCUT2D eigenvalue weighted by atomic mass is 9.93. The van der Waals surface area contributed by atoms with Crippen LogP contribution in [0, 0.1) is 0 Å². The first-order valence-electron chi connectivity index (χ1n) is 7.77. The molecule has 3 rings (SSSR count). The molecule has 1 aromatic heterocycles. The SMILES string of the molecule is Cn1nccc1C1CCN(C[C@@H](O)c2ccc(Cl)cc2)CC1. The lowest BCUT2D eigenvalue weighted by molar-refractivity contribution is 0.0966. The molecular formula is C17H22ClN3O. The Morgan fingerprint density at radius 2 is 1.91 bits per heavy atom. The van der Waals surface area contributed by atoms with Gasteiger partial charge >= 0.3 is 0 Å². The summed E-state index contributed by atoms with van der Waals surface area (Å²) in [4.78, 5) is 2.34. The lowest BCUT2D eigenvalue weighted by Crippen LogP contribution is -2.36. The molecule has 4 nitrogen and oxygen atoms in total. The van der Waals surface area contributed by atoms with Crippen LogP contribution >= 0.6 is 11.6 Å². The summed E-state index contributed by atoms with van der Waals surface area (Å²) >= 11 is 5.89. The minimum absolute atomic E-state index is 0.453. The third-order valence-corrected chi connectivity index (χ3v) is 4.80. The molecule has 2 aromatic rings. The predicted octanol–water partition coefficient (Wildman–Crippen LogP) is 2.99. The average Bonchev–Trinajstić information content (AvgIpc) is 2.95. The van der Waals surface area contributed by atoms with Gasteiger partial charge in [-0.2, -0.15) is 5.10 Å². The summed E-state index contributed by atoms with van der Waals surface area (Å²) in [6.07, 6.45) is 3.65. The summed E-state index contributed by atoms with van der Waals surface area (Å²) in [7, 11) is 2.01. The molecule has 0 unspecified atom stereocenters. The van der Waals surface area contributed by atoms with E-state index in [4.69, 9.17) is 11.6 Å². The van der Waals surface area contributed by atoms with Crippen molar-refractivity contribution in [2.24, 2.45) is 7.05 Å². The number of hydrogen-bond acceptors (Lipinski definition) is 3. The van der Waals surface area contributed by atoms with Gasteiger partial charge in [0, 0.05) is 36.4 Å². The Bertz CT molecular complexity index is 603. The van der Waals surface area contributed by atoms with Crippen molar-refractivity contribution in [1.82, 2.24) is 14.7 Å². The molecule has 0 aliphatic carbocycles. The van der Waals surface area contributed by atoms with Gasteiger partial charge in [0.1, 0.15) is 0 Å². The zero-order valence-corrected chi connectivity index (χ0v) is 13.6. The second-order valence-electron chi connectivity index (χ2n) is 6.02. The average molecular weight is 320 g/mol. The van der Waals surface area contributed by atoms with Crippen molar-refractivity contribution in [3.05, 3.63) is 52.8 Å². The molecule has 0 bridgehead atoms. The number of halogens is 1. The number of aliphatic hydroxyl groups is 1. The van der Waals surface area contributed by atoms with Gasteiger partial charge in [-0.1, -0.05) is 23.7 Å². The highest BCUT2D eigenvalue weighted by molar-refractivity contribution is 6.30. The summed E-state index contributed by atoms with van der Waals surface area (Å²) < 4.78 is 1.98. The number of β-amino-alcohol motifs (C(OH)–C–C–N with tert-alkyl or cyclic N) is 1. The third kappa shape index (κ3) is 3.51. The van der Waals surface area contributed by atoms with Crippen LogP contribution in [-0.4, -0.2) is 39.4 Å². The van der Waals surface area contributed by atoms with Crippen molar-refractivity contribution in [2.75, 3.05) is 19.6 Å². The summed E-state index contributed by atoms with van der Waals surface area (Å²) in [6.45, 7) is 2.71. The van der Waals surface area contributed by atoms with Crippen molar-refractivity contribution in [3.63, 3.8) is 0 Å². The van der Waals surface area contributed by atoms with Crippen LogP contribution in [0.25, 0.3) is 0 Å². The molecule has 1 saturated heterocycles. The van der Waals surface area contributed by atoms with Gasteiger partial charge in [-0.05, 0) is 49.7 Å². The van der Waals surface area contributed by atoms with Crippen LogP contribution in [0.4, 0.5) is 0 Å². The van der Waals surface area contributed by atoms with E-state index in [1.54, 1.807) is 0 Å². The van der Waals surface area contributed by atoms with E-state index in [2.05, 4.69) is 16.1 Å². The van der Waals surface area contributed by atoms with Crippen LogP contribution in [0.3, 0.4) is 0 Å². The van der Waals surface area contributed by atoms with E-state index in [1.807, 2.05) is 42.2 Å². The highest BCUT2D eigenvalue weighted by atomic mass is 35.5. The highest BCUT2D eigenvalue weighted by Gasteiger charge is 2.24. The molecule has 0 radical (unpaired) electrons. The van der Waals surface area contributed by atoms with Crippen LogP contribution in [0.15, 0.2) is 36.5 Å². The quantitative estimate of drug-likeness (QED) is 0.942. The number of piperidine rings is 1. The Hall–Kier alpha value is -1.36. The van der Waals surface area contributed by atoms with Gasteiger partial charge in [0.2, 0.25) is 0 Å². The molecule has 0 saturated carbocycles. The van der Waals surface area contributed by atoms with E-state index < -0.39 is 6.10 Å². The number of hydrogen-bond donors (Lipinski definition) is 1. The third-order valence-electron chi connectivity index (χ3n) is 4.55. The van der Waals surface area contributed by atoms with Gasteiger partial charge in [-0.3, -0.25) is 4.68 Å². The fourth-order valence-corrected chi connectivity index (χ4v) is 3.36. The molecule has 0 amide bonds. The first kappa shape index (κ1) is 15.5. The van der Waals surface area contributed by atoms with Crippen LogP contribution in [-0.2, 0) is 7.05 Å². The molecule has 1 N–H and O–H groups in total. The van der Waals surface area contributed by atoms with Crippen LogP contribution in [0.1, 0.15) is 36.1 Å². The maximum atomic E-state index is 10.4. The fourth-order valence-electron chi connectivity index (χ4n) is 3.23. The Labute approximate surface area is 136 Å². The highest BCUT2D eigenvalue weighted by Crippen LogP contribution is 2.28. The van der Waals surface area contributed by atoms with Crippen molar-refractivity contribution in [2.45, 2.75) is 24.9 Å². The van der Waals surface area contributed by atoms with Gasteiger partial charge in [-0.15, -0.1) is 0 Å². The standard InChI is InChI=1S/C17H22ClN3O/c1-20-16(6-9-19-20)13-7-10-21(11-8-13)12-17(22)14-2-4-15(18)5-3-14/h2-6,9,13,17,22H,7-8,10-12H2,1H3/t17-/m1/s1. The predicted molar refractivity (Wildman–Crippen MR) is 88.0 cm³/mol. The van der Waals surface area contributed by atoms with Gasteiger partial charge in [0.15, 0.2) is 0 Å². The van der Waals surface area contributed by atoms with E-state index in [9.17, 15) is 5.11 Å². The van der Waals surface area contributed by atoms with Crippen molar-refractivity contribution in [3.8, 4) is 0 Å². The Kier molecular flexibility index (Phi) is 4.81. The monoisotopic (exact) mass is 319 g/mol. The molecule has 1 fully saturated rings. The number of nitrogens with zero attached hydrogens (tertiary/aromatic N) is 3. The summed E-state index contributed by atoms with van der Waals surface area (Å²) in [5.74, 6) is 0.580. The maximum absolute atomic E-state index is 10.4. The zero-order valence-electron chi connectivity index (χ0n) is 12.8. The van der Waals surface area contributed by atoms with Crippen molar-refractivity contribution < 1.29 is 5.11 Å². The second-order valence-corrected chi connectivity index (χ2v) is 6.46. The normalized spacial score (nSPS) is 18.5. The molecule has 5 heteroatoms. The Balaban J connectivity index is 1.53. The minimum Gasteiger partial charge on any atom is -0.387 e. The lowest BCUT2D eigenvalue weighted by Gasteiger charge is -2.33. The first-order valence-corrected chi connectivity index (χ1v) is 8.15. The van der Waals surface area contributed by atoms with Crippen LogP contribution in [0.5, 0.6) is 0 Å². The van der Waals surface area contributed by atoms with E-state index in [0.29, 0.717) is 17.5 Å². The van der Waals surface area contributed by atoms with Crippen molar-refractivity contribution >= 4 is 11.6 Å². The van der Waals surface area contributed by atoms with Gasteiger partial charge in [0.05, 0.1) is 6.10 Å². The number of benzene rings is 1. The molecule has 0 spiro atoms. The van der Waals surface area contributed by atoms with Crippen LogP contribution in [0.2, 0.25) is 5.02 Å². The largest absolute Gasteiger partial charge is 0.387 e. The number of likely N-dealkylation sites (tertiary alicyclic amines) is 1. The maximum Gasteiger partial charge on any atom is 0.0916 e. The number of aryl methyl sites for hydroxylation is 1. The molecule has 1 aromatic carbocycles. The van der Waals surface area contributed by atoms with Gasteiger partial charge in [0.25, 0.3) is 0 Å². The first-order chi connectivity index (χ1) is 10.6. The molecule has 1 aliphatic rings. The smallest absolute Gasteiger partial charge is 0.0916 e. The topological polar surface area (TPSA) is 41.3 Å². The van der Waals surface area contributed by atoms with Crippen molar-refractivity contribution in [1.29, 1.82) is 0 Å². The fraction of sp³-hybridized carbons (Fsp3) is 0.471. The Morgan fingerprint density at radius 1 is 1.23 bits per heavy atom. The van der Waals surface area contributed by atoms with Gasteiger partial charge in [-0.25, -0.2) is 0 Å². The second kappa shape index (κ2) is 6.82. The van der Waals surface area contributed by atoms with E-state index in [0.717, 1.165) is 31.5 Å². The molecule has 1 aliphatic heterocycles. The molecular weight excluding hydrogens is 298 g/mol. The summed E-state index contributed by atoms with van der Waals surface area (Å²) in [5.41, 5.74) is 2.25. The van der Waals surface area contributed by atoms with E-state index in [1.165, 1.54) is 5.69 Å². The van der Waals surface area contributed by atoms with E-state index in [-0.39, 0.29) is 0 Å². The number of aromatic nitrogens is 2. The minimum atomic E-state index is -0.453. The zero-order chi connectivity index (χ0) is 15.5. The molecule has 22 heavy (non-hydrogen) atoms. The number of aliphatic hydroxyl groups excluding tert-OH is 1. The summed E-state index contributed by atoms with van der Waals surface area (Å²) in [6, 6.07) is 9.57. The number of rotatable bonds is 4. The molecule has 2 heterocycles. The van der Waals surface area contributed by atoms with E-state index >= 15 is 0 Å². The summed E-state index contributed by atoms with van der Waals surface area (Å²) in [5, 5.41) is 15.3. The van der Waals surface area contributed by atoms with Gasteiger partial charge < -0.3 is 10.0 Å². The Morgan fingerprint density at radius 3 is 2.50 bits per heavy atom. The van der Waals surface area contributed by atoms with Crippen LogP contribution < -0.4 is 0 Å². The molecule has 1 atom stereocenters. The molecule has 118 valence electrons.